The molecule has 6 unspecified atom stereocenters. The van der Waals surface area contributed by atoms with Crippen LogP contribution in [0, 0.1) is 36.5 Å². The highest BCUT2D eigenvalue weighted by atomic mass is 35.5. The zero-order valence-corrected chi connectivity index (χ0v) is 25.0. The molecule has 2 bridgehead atoms. The number of aromatic nitrogens is 1. The van der Waals surface area contributed by atoms with Gasteiger partial charge in [-0.1, -0.05) is 64.9 Å². The van der Waals surface area contributed by atoms with Gasteiger partial charge in [-0.3, -0.25) is 19.3 Å². The quantitative estimate of drug-likeness (QED) is 0.255. The van der Waals surface area contributed by atoms with Crippen molar-refractivity contribution in [1.29, 1.82) is 0 Å². The minimum atomic E-state index is -0.313. The van der Waals surface area contributed by atoms with Crippen LogP contribution in [-0.2, 0) is 16.2 Å². The van der Waals surface area contributed by atoms with Crippen LogP contribution in [0.4, 0.5) is 5.69 Å². The SMILES string of the molecule is Cc1ccc(N2C(=O)C3C4CC(C3C2=O)C2C4Sc3[nH]c(=O)sc3[C@@H]2c2ccc(OCc3ccc(Cl)cc3)cc2)cc1. The number of H-pyrrole nitrogens is 1. The molecule has 2 saturated carbocycles. The number of ether oxygens (including phenoxy) is 1. The Balaban J connectivity index is 1.11. The lowest BCUT2D eigenvalue weighted by Crippen LogP contribution is -2.42. The zero-order valence-electron chi connectivity index (χ0n) is 22.7. The number of anilines is 1. The number of benzene rings is 3. The average Bonchev–Trinajstić information content (AvgIpc) is 3.72. The Hall–Kier alpha value is -3.33. The second-order valence-electron chi connectivity index (χ2n) is 11.8. The number of nitrogens with one attached hydrogen (secondary N) is 1. The van der Waals surface area contributed by atoms with Crippen LogP contribution in [0.3, 0.4) is 0 Å². The van der Waals surface area contributed by atoms with Crippen molar-refractivity contribution in [2.24, 2.45) is 29.6 Å². The topological polar surface area (TPSA) is 79.5 Å². The van der Waals surface area contributed by atoms with Crippen molar-refractivity contribution in [3.63, 3.8) is 0 Å². The second kappa shape index (κ2) is 9.86. The highest BCUT2D eigenvalue weighted by Gasteiger charge is 2.69. The van der Waals surface area contributed by atoms with Crippen molar-refractivity contribution in [3.05, 3.63) is 109 Å². The first-order valence-corrected chi connectivity index (χ1v) is 16.3. The lowest BCUT2D eigenvalue weighted by Gasteiger charge is -2.43. The van der Waals surface area contributed by atoms with E-state index in [4.69, 9.17) is 16.3 Å². The van der Waals surface area contributed by atoms with Gasteiger partial charge >= 0.3 is 4.87 Å². The Morgan fingerprint density at radius 3 is 2.31 bits per heavy atom. The van der Waals surface area contributed by atoms with Crippen LogP contribution in [0.25, 0.3) is 0 Å². The molecule has 4 aliphatic rings. The van der Waals surface area contributed by atoms with Crippen LogP contribution in [0.15, 0.2) is 82.6 Å². The molecular formula is C33H27ClN2O4S2. The maximum atomic E-state index is 13.9. The Bertz CT molecular complexity index is 1770. The van der Waals surface area contributed by atoms with E-state index < -0.39 is 0 Å². The molecule has 8 rings (SSSR count). The van der Waals surface area contributed by atoms with E-state index in [1.54, 1.807) is 11.8 Å². The Labute approximate surface area is 256 Å². The third-order valence-electron chi connectivity index (χ3n) is 9.57. The van der Waals surface area contributed by atoms with Crippen molar-refractivity contribution in [2.75, 3.05) is 4.90 Å². The second-order valence-corrected chi connectivity index (χ2v) is 14.4. The molecule has 3 heterocycles. The summed E-state index contributed by atoms with van der Waals surface area (Å²) in [5.74, 6) is 0.343. The minimum Gasteiger partial charge on any atom is -0.489 e. The number of fused-ring (bicyclic) bond motifs is 9. The molecule has 2 amide bonds. The number of amides is 2. The summed E-state index contributed by atoms with van der Waals surface area (Å²) in [7, 11) is 0. The van der Waals surface area contributed by atoms with Crippen LogP contribution in [-0.4, -0.2) is 22.0 Å². The normalized spacial score (nSPS) is 29.0. The summed E-state index contributed by atoms with van der Waals surface area (Å²) in [4.78, 5) is 45.7. The van der Waals surface area contributed by atoms with Gasteiger partial charge in [0.05, 0.1) is 22.5 Å². The van der Waals surface area contributed by atoms with E-state index in [9.17, 15) is 14.4 Å². The first kappa shape index (κ1) is 26.3. The van der Waals surface area contributed by atoms with Crippen molar-refractivity contribution >= 4 is 52.2 Å². The molecule has 3 fully saturated rings. The van der Waals surface area contributed by atoms with E-state index in [0.717, 1.165) is 38.8 Å². The van der Waals surface area contributed by atoms with Gasteiger partial charge in [0.1, 0.15) is 12.4 Å². The molecule has 1 N–H and O–H groups in total. The molecule has 42 heavy (non-hydrogen) atoms. The van der Waals surface area contributed by atoms with Crippen LogP contribution in [0.1, 0.15) is 33.9 Å². The van der Waals surface area contributed by atoms with Gasteiger partial charge in [-0.25, -0.2) is 0 Å². The van der Waals surface area contributed by atoms with Crippen LogP contribution < -0.4 is 14.5 Å². The third kappa shape index (κ3) is 4.02. The predicted molar refractivity (Wildman–Crippen MR) is 164 cm³/mol. The fraction of sp³-hybridized carbons (Fsp3) is 0.303. The summed E-state index contributed by atoms with van der Waals surface area (Å²) in [6.45, 7) is 2.43. The van der Waals surface area contributed by atoms with Crippen LogP contribution in [0.5, 0.6) is 5.75 Å². The smallest absolute Gasteiger partial charge is 0.305 e. The number of rotatable bonds is 5. The number of hydrogen-bond donors (Lipinski definition) is 1. The Morgan fingerprint density at radius 2 is 1.60 bits per heavy atom. The van der Waals surface area contributed by atoms with Crippen LogP contribution in [0.2, 0.25) is 5.02 Å². The number of halogens is 1. The van der Waals surface area contributed by atoms with Gasteiger partial charge in [0, 0.05) is 21.1 Å². The molecule has 4 aromatic rings. The molecule has 2 aliphatic carbocycles. The number of hydrogen-bond acceptors (Lipinski definition) is 6. The zero-order chi connectivity index (χ0) is 28.7. The maximum Gasteiger partial charge on any atom is 0.305 e. The standard InChI is InChI=1S/C33H27ClN2O4S2/c1-16-2-10-20(11-3-16)36-31(37)26-22-14-23(27(26)32(36)38)28-25(22)24(29-30(41-28)35-33(39)42-29)18-6-12-21(13-7-18)40-15-17-4-8-19(34)9-5-17/h2-13,22-28H,14-15H2,1H3,(H,35,39)/t22?,23?,24-,25?,26?,27?,28?/m1/s1. The lowest BCUT2D eigenvalue weighted by molar-refractivity contribution is -0.123. The number of carbonyl (C=O) groups excluding carboxylic acids is 2. The number of thioether (sulfide) groups is 1. The molecule has 6 nitrogen and oxygen atoms in total. The summed E-state index contributed by atoms with van der Waals surface area (Å²) in [5, 5.41) is 1.77. The highest BCUT2D eigenvalue weighted by molar-refractivity contribution is 8.00. The highest BCUT2D eigenvalue weighted by Crippen LogP contribution is 2.68. The monoisotopic (exact) mass is 614 g/mol. The number of nitrogens with zero attached hydrogens (tertiary/aromatic N) is 1. The summed E-state index contributed by atoms with van der Waals surface area (Å²) in [6, 6.07) is 23.4. The average molecular weight is 615 g/mol. The molecule has 212 valence electrons. The summed E-state index contributed by atoms with van der Waals surface area (Å²) in [6.07, 6.45) is 0.870. The van der Waals surface area contributed by atoms with Gasteiger partial charge in [0.15, 0.2) is 0 Å². The summed E-state index contributed by atoms with van der Waals surface area (Å²) in [5.41, 5.74) is 3.89. The molecule has 9 heteroatoms. The first-order valence-electron chi connectivity index (χ1n) is 14.2. The van der Waals surface area contributed by atoms with Crippen molar-refractivity contribution in [2.45, 2.75) is 36.1 Å². The van der Waals surface area contributed by atoms with E-state index in [0.29, 0.717) is 17.3 Å². The van der Waals surface area contributed by atoms with Gasteiger partial charge in [0.25, 0.3) is 0 Å². The molecule has 7 atom stereocenters. The van der Waals surface area contributed by atoms with Gasteiger partial charge in [-0.15, -0.1) is 11.8 Å². The molecule has 2 aliphatic heterocycles. The predicted octanol–water partition coefficient (Wildman–Crippen LogP) is 6.66. The third-order valence-corrected chi connectivity index (χ3v) is 12.4. The Kier molecular flexibility index (Phi) is 6.18. The van der Waals surface area contributed by atoms with E-state index >= 15 is 0 Å². The largest absolute Gasteiger partial charge is 0.489 e. The summed E-state index contributed by atoms with van der Waals surface area (Å²) < 4.78 is 6.04. The minimum absolute atomic E-state index is 0.0206. The molecular weight excluding hydrogens is 588 g/mol. The molecule has 0 radical (unpaired) electrons. The molecule has 0 spiro atoms. The lowest BCUT2D eigenvalue weighted by atomic mass is 9.68. The molecule has 1 aromatic heterocycles. The van der Waals surface area contributed by atoms with Crippen molar-refractivity contribution < 1.29 is 14.3 Å². The van der Waals surface area contributed by atoms with Gasteiger partial charge in [-0.2, -0.15) is 0 Å². The fourth-order valence-electron chi connectivity index (χ4n) is 7.86. The van der Waals surface area contributed by atoms with E-state index in [-0.39, 0.29) is 57.4 Å². The number of carbonyl (C=O) groups is 2. The van der Waals surface area contributed by atoms with Crippen molar-refractivity contribution in [3.8, 4) is 5.75 Å². The van der Waals surface area contributed by atoms with Crippen molar-refractivity contribution in [1.82, 2.24) is 4.98 Å². The van der Waals surface area contributed by atoms with Gasteiger partial charge < -0.3 is 9.72 Å². The van der Waals surface area contributed by atoms with E-state index in [1.807, 2.05) is 67.6 Å². The number of thiazole rings is 1. The summed E-state index contributed by atoms with van der Waals surface area (Å²) >= 11 is 8.98. The van der Waals surface area contributed by atoms with Crippen LogP contribution >= 0.6 is 34.7 Å². The van der Waals surface area contributed by atoms with E-state index in [2.05, 4.69) is 17.1 Å². The maximum absolute atomic E-state index is 13.9. The van der Waals surface area contributed by atoms with Gasteiger partial charge in [0.2, 0.25) is 11.8 Å². The number of imide groups is 1. The molecule has 1 saturated heterocycles. The first-order chi connectivity index (χ1) is 20.4. The van der Waals surface area contributed by atoms with E-state index in [1.165, 1.54) is 16.2 Å². The van der Waals surface area contributed by atoms with Gasteiger partial charge in [-0.05, 0) is 78.6 Å². The molecule has 3 aromatic carbocycles. The Morgan fingerprint density at radius 1 is 0.905 bits per heavy atom. The number of aryl methyl sites for hydroxylation is 1. The fourth-order valence-corrected chi connectivity index (χ4v) is 10.9. The number of aromatic amines is 1.